The molecule has 1 rings (SSSR count). The minimum atomic E-state index is -0.514. The molecule has 0 saturated carbocycles. The van der Waals surface area contributed by atoms with Gasteiger partial charge in [0.05, 0.1) is 6.07 Å². The molecule has 0 unspecified atom stereocenters. The number of nitriles is 1. The maximum Gasteiger partial charge on any atom is 0.293 e. The predicted octanol–water partition coefficient (Wildman–Crippen LogP) is -1.55. The Bertz CT molecular complexity index is 271. The van der Waals surface area contributed by atoms with Crippen LogP contribution in [-0.4, -0.2) is 33.1 Å². The lowest BCUT2D eigenvalue weighted by Crippen LogP contribution is -2.24. The second-order valence-electron chi connectivity index (χ2n) is 1.58. The van der Waals surface area contributed by atoms with E-state index in [4.69, 9.17) is 5.26 Å². The number of rotatable bonds is 2. The van der Waals surface area contributed by atoms with Crippen molar-refractivity contribution in [1.29, 1.82) is 5.26 Å². The van der Waals surface area contributed by atoms with Crippen molar-refractivity contribution >= 4 is 5.91 Å². The molecule has 0 aliphatic rings. The Hall–Kier alpha value is -1.97. The number of aromatic amines is 1. The molecule has 0 atom stereocenters. The van der Waals surface area contributed by atoms with E-state index in [1.165, 1.54) is 0 Å². The summed E-state index contributed by atoms with van der Waals surface area (Å²) < 4.78 is 0. The molecule has 1 aromatic heterocycles. The van der Waals surface area contributed by atoms with Gasteiger partial charge in [0.2, 0.25) is 0 Å². The number of hydrogen-bond acceptors (Lipinski definition) is 5. The molecule has 2 N–H and O–H groups in total. The van der Waals surface area contributed by atoms with Gasteiger partial charge in [-0.2, -0.15) is 10.5 Å². The van der Waals surface area contributed by atoms with Crippen molar-refractivity contribution in [2.24, 2.45) is 0 Å². The minimum absolute atomic E-state index is 0.0621. The lowest BCUT2D eigenvalue weighted by Gasteiger charge is -1.91. The van der Waals surface area contributed by atoms with Gasteiger partial charge in [-0.05, 0) is 5.21 Å². The number of amides is 1. The van der Waals surface area contributed by atoms with E-state index in [0.717, 1.165) is 0 Å². The van der Waals surface area contributed by atoms with Gasteiger partial charge in [0.1, 0.15) is 6.54 Å². The van der Waals surface area contributed by atoms with E-state index in [9.17, 15) is 4.79 Å². The molecule has 0 aromatic carbocycles. The summed E-state index contributed by atoms with van der Waals surface area (Å²) in [5, 5.41) is 22.4. The van der Waals surface area contributed by atoms with E-state index in [2.05, 4.69) is 25.9 Å². The Morgan fingerprint density at radius 1 is 1.82 bits per heavy atom. The standard InChI is InChI=1S/C4H4N6O/c5-1-2-6-4(11)3-7-9-10-8-3/h2H2,(H,6,11)(H,7,8,9,10). The second-order valence-corrected chi connectivity index (χ2v) is 1.58. The van der Waals surface area contributed by atoms with Crippen LogP contribution in [0.3, 0.4) is 0 Å². The van der Waals surface area contributed by atoms with Gasteiger partial charge in [0, 0.05) is 0 Å². The van der Waals surface area contributed by atoms with Crippen molar-refractivity contribution in [3.63, 3.8) is 0 Å². The van der Waals surface area contributed by atoms with Crippen LogP contribution in [0.4, 0.5) is 0 Å². The smallest absolute Gasteiger partial charge is 0.293 e. The van der Waals surface area contributed by atoms with Crippen LogP contribution in [0.1, 0.15) is 10.6 Å². The van der Waals surface area contributed by atoms with Crippen molar-refractivity contribution in [3.8, 4) is 6.07 Å². The van der Waals surface area contributed by atoms with Crippen LogP contribution in [0.5, 0.6) is 0 Å². The highest BCUT2D eigenvalue weighted by molar-refractivity contribution is 5.90. The Kier molecular flexibility index (Phi) is 2.12. The van der Waals surface area contributed by atoms with Gasteiger partial charge in [-0.1, -0.05) is 0 Å². The molecular weight excluding hydrogens is 148 g/mol. The van der Waals surface area contributed by atoms with E-state index in [-0.39, 0.29) is 12.4 Å². The fourth-order valence-electron chi connectivity index (χ4n) is 0.457. The van der Waals surface area contributed by atoms with Gasteiger partial charge >= 0.3 is 0 Å². The van der Waals surface area contributed by atoms with E-state index >= 15 is 0 Å². The van der Waals surface area contributed by atoms with Crippen molar-refractivity contribution in [1.82, 2.24) is 25.9 Å². The largest absolute Gasteiger partial charge is 0.336 e. The van der Waals surface area contributed by atoms with Gasteiger partial charge in [0.25, 0.3) is 11.7 Å². The lowest BCUT2D eigenvalue weighted by molar-refractivity contribution is 0.0948. The van der Waals surface area contributed by atoms with Gasteiger partial charge in [0.15, 0.2) is 0 Å². The minimum Gasteiger partial charge on any atom is -0.336 e. The van der Waals surface area contributed by atoms with Crippen LogP contribution in [0.2, 0.25) is 0 Å². The van der Waals surface area contributed by atoms with Gasteiger partial charge in [-0.15, -0.1) is 10.2 Å². The third kappa shape index (κ3) is 1.72. The summed E-state index contributed by atoms with van der Waals surface area (Å²) in [4.78, 5) is 10.8. The molecule has 0 aliphatic carbocycles. The number of aromatic nitrogens is 4. The molecule has 0 saturated heterocycles. The number of tetrazole rings is 1. The fraction of sp³-hybridized carbons (Fsp3) is 0.250. The van der Waals surface area contributed by atoms with E-state index < -0.39 is 5.91 Å². The van der Waals surface area contributed by atoms with Crippen LogP contribution < -0.4 is 5.32 Å². The third-order valence-corrected chi connectivity index (χ3v) is 0.876. The van der Waals surface area contributed by atoms with E-state index in [1.807, 2.05) is 0 Å². The summed E-state index contributed by atoms with van der Waals surface area (Å²) in [6, 6.07) is 1.74. The SMILES string of the molecule is N#CCNC(=O)c1nn[nH]n1. The summed E-state index contributed by atoms with van der Waals surface area (Å²) in [5.74, 6) is -0.583. The van der Waals surface area contributed by atoms with Crippen LogP contribution in [0, 0.1) is 11.3 Å². The number of hydrogen-bond donors (Lipinski definition) is 2. The first kappa shape index (κ1) is 7.14. The summed E-state index contributed by atoms with van der Waals surface area (Å²) >= 11 is 0. The molecule has 1 heterocycles. The van der Waals surface area contributed by atoms with Crippen LogP contribution >= 0.6 is 0 Å². The number of nitrogens with zero attached hydrogens (tertiary/aromatic N) is 4. The Morgan fingerprint density at radius 3 is 3.18 bits per heavy atom. The molecule has 1 amide bonds. The van der Waals surface area contributed by atoms with Crippen LogP contribution in [0.25, 0.3) is 0 Å². The highest BCUT2D eigenvalue weighted by atomic mass is 16.2. The zero-order valence-corrected chi connectivity index (χ0v) is 5.40. The number of carbonyl (C=O) groups is 1. The molecule has 11 heavy (non-hydrogen) atoms. The molecule has 0 radical (unpaired) electrons. The predicted molar refractivity (Wildman–Crippen MR) is 32.1 cm³/mol. The molecule has 7 nitrogen and oxygen atoms in total. The van der Waals surface area contributed by atoms with Crippen molar-refractivity contribution in [2.75, 3.05) is 6.54 Å². The van der Waals surface area contributed by atoms with E-state index in [0.29, 0.717) is 0 Å². The first-order valence-corrected chi connectivity index (χ1v) is 2.73. The summed E-state index contributed by atoms with van der Waals surface area (Å²) in [5.41, 5.74) is 0. The van der Waals surface area contributed by atoms with Crippen LogP contribution in [-0.2, 0) is 0 Å². The topological polar surface area (TPSA) is 107 Å². The van der Waals surface area contributed by atoms with Crippen molar-refractivity contribution in [2.45, 2.75) is 0 Å². The first-order chi connectivity index (χ1) is 5.34. The Balaban J connectivity index is 2.51. The summed E-state index contributed by atoms with van der Waals surface area (Å²) in [7, 11) is 0. The Labute approximate surface area is 61.4 Å². The van der Waals surface area contributed by atoms with Gasteiger partial charge in [-0.25, -0.2) is 0 Å². The van der Waals surface area contributed by atoms with E-state index in [1.54, 1.807) is 6.07 Å². The van der Waals surface area contributed by atoms with Crippen molar-refractivity contribution < 1.29 is 4.79 Å². The van der Waals surface area contributed by atoms with Crippen LogP contribution in [0.15, 0.2) is 0 Å². The average molecular weight is 152 g/mol. The van der Waals surface area contributed by atoms with Gasteiger partial charge < -0.3 is 5.32 Å². The number of H-pyrrole nitrogens is 1. The number of nitrogens with one attached hydrogen (secondary N) is 2. The molecular formula is C4H4N6O. The Morgan fingerprint density at radius 2 is 2.64 bits per heavy atom. The normalized spacial score (nSPS) is 8.64. The van der Waals surface area contributed by atoms with Gasteiger partial charge in [-0.3, -0.25) is 4.79 Å². The zero-order chi connectivity index (χ0) is 8.10. The highest BCUT2D eigenvalue weighted by Crippen LogP contribution is 1.80. The molecule has 0 fully saturated rings. The summed E-state index contributed by atoms with van der Waals surface area (Å²) in [6.45, 7) is -0.0621. The van der Waals surface area contributed by atoms with Crippen molar-refractivity contribution in [3.05, 3.63) is 5.82 Å². The molecule has 0 spiro atoms. The monoisotopic (exact) mass is 152 g/mol. The average Bonchev–Trinajstić information content (AvgIpc) is 2.52. The molecule has 56 valence electrons. The fourth-order valence-corrected chi connectivity index (χ4v) is 0.457. The number of carbonyl (C=O) groups excluding carboxylic acids is 1. The lowest BCUT2D eigenvalue weighted by atomic mass is 10.5. The maximum atomic E-state index is 10.8. The summed E-state index contributed by atoms with van der Waals surface area (Å²) in [6.07, 6.45) is 0. The molecule has 7 heteroatoms. The third-order valence-electron chi connectivity index (χ3n) is 0.876. The second kappa shape index (κ2) is 3.26. The molecule has 0 aliphatic heterocycles. The molecule has 0 bridgehead atoms. The maximum absolute atomic E-state index is 10.8. The highest BCUT2D eigenvalue weighted by Gasteiger charge is 2.08. The first-order valence-electron chi connectivity index (χ1n) is 2.73. The molecule has 1 aromatic rings. The zero-order valence-electron chi connectivity index (χ0n) is 5.40. The quantitative estimate of drug-likeness (QED) is 0.499.